The van der Waals surface area contributed by atoms with Gasteiger partial charge in [0.1, 0.15) is 0 Å². The molecule has 0 fully saturated rings. The van der Waals surface area contributed by atoms with Crippen LogP contribution < -0.4 is 20.1 Å². The Hall–Kier alpha value is -2.11. The summed E-state index contributed by atoms with van der Waals surface area (Å²) in [7, 11) is 0. The fourth-order valence-electron chi connectivity index (χ4n) is 2.62. The average Bonchev–Trinajstić information content (AvgIpc) is 2.85. The summed E-state index contributed by atoms with van der Waals surface area (Å²) in [5, 5.41) is 7.13. The number of benzene rings is 2. The maximum atomic E-state index is 12.2. The molecular formula is C19H20Cl2N2O3. The van der Waals surface area contributed by atoms with Gasteiger partial charge in [0.05, 0.1) is 36.5 Å². The van der Waals surface area contributed by atoms with Crippen molar-refractivity contribution in [1.82, 2.24) is 5.32 Å². The van der Waals surface area contributed by atoms with Crippen LogP contribution in [0.5, 0.6) is 11.5 Å². The van der Waals surface area contributed by atoms with E-state index in [1.165, 1.54) is 0 Å². The number of fused-ring (bicyclic) bond motifs is 1. The Morgan fingerprint density at radius 3 is 2.46 bits per heavy atom. The van der Waals surface area contributed by atoms with E-state index in [-0.39, 0.29) is 18.5 Å². The number of anilines is 1. The van der Waals surface area contributed by atoms with Gasteiger partial charge in [-0.05, 0) is 24.6 Å². The zero-order chi connectivity index (χ0) is 18.5. The quantitative estimate of drug-likeness (QED) is 0.786. The van der Waals surface area contributed by atoms with Crippen molar-refractivity contribution < 1.29 is 14.3 Å². The van der Waals surface area contributed by atoms with E-state index >= 15 is 0 Å². The van der Waals surface area contributed by atoms with Gasteiger partial charge in [0.2, 0.25) is 5.91 Å². The Labute approximate surface area is 162 Å². The van der Waals surface area contributed by atoms with Gasteiger partial charge in [0, 0.05) is 23.6 Å². The van der Waals surface area contributed by atoms with Gasteiger partial charge in [0.25, 0.3) is 0 Å². The summed E-state index contributed by atoms with van der Waals surface area (Å²) in [5.74, 6) is 1.11. The van der Waals surface area contributed by atoms with Gasteiger partial charge in [-0.2, -0.15) is 0 Å². The number of rotatable bonds is 5. The molecule has 0 saturated carbocycles. The lowest BCUT2D eigenvalue weighted by Crippen LogP contribution is -2.32. The summed E-state index contributed by atoms with van der Waals surface area (Å²) in [5.41, 5.74) is 1.61. The minimum absolute atomic E-state index is 0.0945. The SMILES string of the molecule is CC(NC(=O)CNc1cc2c(cc1Cl)OCCCO2)c1ccc(Cl)cc1. The molecule has 3 rings (SSSR count). The predicted octanol–water partition coefficient (Wildman–Crippen LogP) is 4.44. The molecule has 5 nitrogen and oxygen atoms in total. The monoisotopic (exact) mass is 394 g/mol. The van der Waals surface area contributed by atoms with Crippen LogP contribution in [0.4, 0.5) is 5.69 Å². The van der Waals surface area contributed by atoms with E-state index in [1.54, 1.807) is 24.3 Å². The lowest BCUT2D eigenvalue weighted by molar-refractivity contribution is -0.120. The standard InChI is InChI=1S/C19H20Cl2N2O3/c1-12(13-3-5-14(20)6-4-13)23-19(24)11-22-16-10-18-17(9-15(16)21)25-7-2-8-26-18/h3-6,9-10,12,22H,2,7-8,11H2,1H3,(H,23,24). The van der Waals surface area contributed by atoms with E-state index in [2.05, 4.69) is 10.6 Å². The summed E-state index contributed by atoms with van der Waals surface area (Å²) in [6.45, 7) is 3.20. The first-order valence-electron chi connectivity index (χ1n) is 8.41. The summed E-state index contributed by atoms with van der Waals surface area (Å²) >= 11 is 12.2. The van der Waals surface area contributed by atoms with E-state index in [1.807, 2.05) is 19.1 Å². The second kappa shape index (κ2) is 8.52. The minimum atomic E-state index is -0.143. The Kier molecular flexibility index (Phi) is 6.12. The molecule has 1 amide bonds. The van der Waals surface area contributed by atoms with Crippen LogP contribution in [0.1, 0.15) is 24.9 Å². The Bertz CT molecular complexity index is 781. The number of carbonyl (C=O) groups excluding carboxylic acids is 1. The molecule has 1 aliphatic heterocycles. The maximum absolute atomic E-state index is 12.2. The van der Waals surface area contributed by atoms with Gasteiger partial charge in [0.15, 0.2) is 11.5 Å². The van der Waals surface area contributed by atoms with Crippen LogP contribution in [-0.2, 0) is 4.79 Å². The van der Waals surface area contributed by atoms with Crippen molar-refractivity contribution in [2.75, 3.05) is 25.1 Å². The van der Waals surface area contributed by atoms with Crippen LogP contribution >= 0.6 is 23.2 Å². The lowest BCUT2D eigenvalue weighted by Gasteiger charge is -2.16. The molecule has 1 unspecified atom stereocenters. The maximum Gasteiger partial charge on any atom is 0.239 e. The van der Waals surface area contributed by atoms with E-state index in [0.717, 1.165) is 12.0 Å². The normalized spacial score (nSPS) is 14.3. The third-order valence-electron chi connectivity index (χ3n) is 4.02. The van der Waals surface area contributed by atoms with E-state index in [0.29, 0.717) is 40.4 Å². The van der Waals surface area contributed by atoms with Crippen molar-refractivity contribution in [3.8, 4) is 11.5 Å². The van der Waals surface area contributed by atoms with Gasteiger partial charge in [-0.3, -0.25) is 4.79 Å². The lowest BCUT2D eigenvalue weighted by atomic mass is 10.1. The molecule has 1 heterocycles. The van der Waals surface area contributed by atoms with Crippen LogP contribution in [-0.4, -0.2) is 25.7 Å². The van der Waals surface area contributed by atoms with Crippen LogP contribution in [0.15, 0.2) is 36.4 Å². The molecule has 1 aliphatic rings. The van der Waals surface area contributed by atoms with Crippen molar-refractivity contribution in [1.29, 1.82) is 0 Å². The highest BCUT2D eigenvalue weighted by atomic mass is 35.5. The molecule has 2 aromatic rings. The molecule has 7 heteroatoms. The molecule has 2 aromatic carbocycles. The van der Waals surface area contributed by atoms with Crippen molar-refractivity contribution in [3.05, 3.63) is 52.0 Å². The Morgan fingerprint density at radius 1 is 1.12 bits per heavy atom. The molecule has 138 valence electrons. The average molecular weight is 395 g/mol. The highest BCUT2D eigenvalue weighted by molar-refractivity contribution is 6.33. The van der Waals surface area contributed by atoms with Crippen molar-refractivity contribution in [2.45, 2.75) is 19.4 Å². The summed E-state index contributed by atoms with van der Waals surface area (Å²) in [6, 6.07) is 10.7. The number of carbonyl (C=O) groups is 1. The molecule has 0 saturated heterocycles. The topological polar surface area (TPSA) is 59.6 Å². The molecule has 0 aliphatic carbocycles. The molecule has 2 N–H and O–H groups in total. The fourth-order valence-corrected chi connectivity index (χ4v) is 2.97. The van der Waals surface area contributed by atoms with Gasteiger partial charge in [-0.25, -0.2) is 0 Å². The van der Waals surface area contributed by atoms with Gasteiger partial charge < -0.3 is 20.1 Å². The second-order valence-corrected chi connectivity index (χ2v) is 6.87. The Balaban J connectivity index is 1.59. The third kappa shape index (κ3) is 4.74. The summed E-state index contributed by atoms with van der Waals surface area (Å²) in [4.78, 5) is 12.2. The minimum Gasteiger partial charge on any atom is -0.490 e. The highest BCUT2D eigenvalue weighted by Gasteiger charge is 2.15. The van der Waals surface area contributed by atoms with Crippen LogP contribution in [0.3, 0.4) is 0 Å². The number of ether oxygens (including phenoxy) is 2. The summed E-state index contributed by atoms with van der Waals surface area (Å²) < 4.78 is 11.2. The zero-order valence-electron chi connectivity index (χ0n) is 14.4. The first-order valence-corrected chi connectivity index (χ1v) is 9.16. The fraction of sp³-hybridized carbons (Fsp3) is 0.316. The number of halogens is 2. The molecule has 0 radical (unpaired) electrons. The van der Waals surface area contributed by atoms with Crippen LogP contribution in [0.2, 0.25) is 10.0 Å². The number of hydrogen-bond acceptors (Lipinski definition) is 4. The van der Waals surface area contributed by atoms with Crippen molar-refractivity contribution in [3.63, 3.8) is 0 Å². The van der Waals surface area contributed by atoms with Gasteiger partial charge >= 0.3 is 0 Å². The second-order valence-electron chi connectivity index (χ2n) is 6.02. The Morgan fingerprint density at radius 2 is 1.77 bits per heavy atom. The first-order chi connectivity index (χ1) is 12.5. The van der Waals surface area contributed by atoms with Gasteiger partial charge in [-0.1, -0.05) is 35.3 Å². The number of nitrogens with one attached hydrogen (secondary N) is 2. The highest BCUT2D eigenvalue weighted by Crippen LogP contribution is 2.37. The van der Waals surface area contributed by atoms with Crippen LogP contribution in [0, 0.1) is 0 Å². The molecule has 26 heavy (non-hydrogen) atoms. The largest absolute Gasteiger partial charge is 0.490 e. The molecule has 0 aromatic heterocycles. The van der Waals surface area contributed by atoms with Gasteiger partial charge in [-0.15, -0.1) is 0 Å². The van der Waals surface area contributed by atoms with E-state index in [4.69, 9.17) is 32.7 Å². The van der Waals surface area contributed by atoms with Crippen molar-refractivity contribution in [2.24, 2.45) is 0 Å². The summed E-state index contributed by atoms with van der Waals surface area (Å²) in [6.07, 6.45) is 0.819. The number of hydrogen-bond donors (Lipinski definition) is 2. The smallest absolute Gasteiger partial charge is 0.239 e. The first kappa shape index (κ1) is 18.7. The van der Waals surface area contributed by atoms with Crippen molar-refractivity contribution >= 4 is 34.8 Å². The molecule has 1 atom stereocenters. The van der Waals surface area contributed by atoms with Crippen LogP contribution in [0.25, 0.3) is 0 Å². The molecule has 0 bridgehead atoms. The zero-order valence-corrected chi connectivity index (χ0v) is 15.9. The van der Waals surface area contributed by atoms with E-state index < -0.39 is 0 Å². The number of amides is 1. The third-order valence-corrected chi connectivity index (χ3v) is 4.59. The predicted molar refractivity (Wildman–Crippen MR) is 104 cm³/mol. The van der Waals surface area contributed by atoms with E-state index in [9.17, 15) is 4.79 Å². The molecular weight excluding hydrogens is 375 g/mol. The molecule has 0 spiro atoms.